The van der Waals surface area contributed by atoms with E-state index < -0.39 is 5.97 Å². The van der Waals surface area contributed by atoms with E-state index in [0.29, 0.717) is 22.5 Å². The lowest BCUT2D eigenvalue weighted by Crippen LogP contribution is -2.12. The van der Waals surface area contributed by atoms with Gasteiger partial charge in [0.05, 0.1) is 23.4 Å². The number of hydrogen-bond donors (Lipinski definition) is 1. The Labute approximate surface area is 193 Å². The lowest BCUT2D eigenvalue weighted by Gasteiger charge is -2.19. The molecule has 0 fully saturated rings. The Bertz CT molecular complexity index is 1310. The highest BCUT2D eigenvalue weighted by molar-refractivity contribution is 5.94. The summed E-state index contributed by atoms with van der Waals surface area (Å²) in [6, 6.07) is 15.8. The summed E-state index contributed by atoms with van der Waals surface area (Å²) in [5.74, 6) is -0.143. The van der Waals surface area contributed by atoms with Crippen LogP contribution in [-0.4, -0.2) is 32.5 Å². The van der Waals surface area contributed by atoms with Gasteiger partial charge in [-0.05, 0) is 60.7 Å². The molecule has 0 saturated carbocycles. The molecule has 3 heterocycles. The summed E-state index contributed by atoms with van der Waals surface area (Å²) in [5, 5.41) is 4.01. The number of esters is 1. The van der Waals surface area contributed by atoms with Crippen molar-refractivity contribution in [3.63, 3.8) is 0 Å². The smallest absolute Gasteiger partial charge is 0.376 e. The highest BCUT2D eigenvalue weighted by Gasteiger charge is 2.18. The number of carbonyl (C=O) groups excluding carboxylic acids is 1. The van der Waals surface area contributed by atoms with Crippen molar-refractivity contribution in [2.24, 2.45) is 0 Å². The minimum Gasteiger partial charge on any atom is -0.460 e. The Morgan fingerprint density at radius 1 is 1.00 bits per heavy atom. The fraction of sp³-hybridized carbons (Fsp3) is 0.269. The van der Waals surface area contributed by atoms with Gasteiger partial charge in [0.15, 0.2) is 5.65 Å². The molecule has 0 amide bonds. The Hall–Kier alpha value is -3.87. The first-order chi connectivity index (χ1) is 15.8. The number of rotatable bonds is 5. The summed E-state index contributed by atoms with van der Waals surface area (Å²) in [4.78, 5) is 30.4. The minimum absolute atomic E-state index is 0.0412. The average Bonchev–Trinajstić information content (AvgIpc) is 2.79. The third-order valence-corrected chi connectivity index (χ3v) is 5.28. The molecular formula is C26H27N5O2. The van der Waals surface area contributed by atoms with Gasteiger partial charge in [-0.1, -0.05) is 39.0 Å². The molecule has 0 saturated heterocycles. The van der Waals surface area contributed by atoms with Crippen LogP contribution in [0, 0.1) is 6.92 Å². The van der Waals surface area contributed by atoms with Crippen LogP contribution < -0.4 is 5.32 Å². The molecule has 1 aromatic carbocycles. The second-order valence-electron chi connectivity index (χ2n) is 8.81. The second kappa shape index (κ2) is 8.94. The molecule has 0 bridgehead atoms. The number of hydrogen-bond acceptors (Lipinski definition) is 7. The molecule has 168 valence electrons. The van der Waals surface area contributed by atoms with E-state index >= 15 is 0 Å². The maximum atomic E-state index is 12.4. The summed E-state index contributed by atoms with van der Waals surface area (Å²) >= 11 is 0. The zero-order valence-electron chi connectivity index (χ0n) is 19.5. The van der Waals surface area contributed by atoms with E-state index in [2.05, 4.69) is 53.2 Å². The number of benzene rings is 1. The number of pyridine rings is 2. The first kappa shape index (κ1) is 22.3. The molecule has 33 heavy (non-hydrogen) atoms. The van der Waals surface area contributed by atoms with Gasteiger partial charge in [0.25, 0.3) is 0 Å². The standard InChI is InChI=1S/C26H27N5O2/c1-6-33-25(32)24-30-22(28-18-11-9-17(10-12-18)26(3,4)5)19-13-14-20(29-23(19)31-24)21-16(2)8-7-15-27-21/h7-15H,6H2,1-5H3,(H,28,29,30,31). The topological polar surface area (TPSA) is 89.9 Å². The van der Waals surface area contributed by atoms with Crippen LogP contribution in [0.4, 0.5) is 11.5 Å². The number of fused-ring (bicyclic) bond motifs is 1. The number of aryl methyl sites for hydroxylation is 1. The Morgan fingerprint density at radius 3 is 2.42 bits per heavy atom. The van der Waals surface area contributed by atoms with Crippen LogP contribution in [0.5, 0.6) is 0 Å². The molecule has 0 radical (unpaired) electrons. The Morgan fingerprint density at radius 2 is 1.76 bits per heavy atom. The zero-order valence-corrected chi connectivity index (χ0v) is 19.5. The SMILES string of the molecule is CCOC(=O)c1nc(Nc2ccc(C(C)(C)C)cc2)c2ccc(-c3ncccc3C)nc2n1. The van der Waals surface area contributed by atoms with Crippen LogP contribution in [0.15, 0.2) is 54.7 Å². The van der Waals surface area contributed by atoms with Gasteiger partial charge in [-0.25, -0.2) is 19.7 Å². The molecule has 4 rings (SSSR count). The number of anilines is 2. The van der Waals surface area contributed by atoms with Gasteiger partial charge < -0.3 is 10.1 Å². The van der Waals surface area contributed by atoms with Gasteiger partial charge in [0, 0.05) is 11.9 Å². The summed E-state index contributed by atoms with van der Waals surface area (Å²) in [6.07, 6.45) is 1.73. The van der Waals surface area contributed by atoms with Gasteiger partial charge >= 0.3 is 5.97 Å². The van der Waals surface area contributed by atoms with Crippen molar-refractivity contribution in [3.8, 4) is 11.4 Å². The monoisotopic (exact) mass is 441 g/mol. The maximum absolute atomic E-state index is 12.4. The maximum Gasteiger partial charge on any atom is 0.376 e. The van der Waals surface area contributed by atoms with E-state index in [-0.39, 0.29) is 17.8 Å². The second-order valence-corrected chi connectivity index (χ2v) is 8.81. The Balaban J connectivity index is 1.80. The van der Waals surface area contributed by atoms with Gasteiger partial charge in [0.1, 0.15) is 5.82 Å². The third-order valence-electron chi connectivity index (χ3n) is 5.28. The van der Waals surface area contributed by atoms with Gasteiger partial charge in [-0.15, -0.1) is 0 Å². The average molecular weight is 442 g/mol. The van der Waals surface area contributed by atoms with Crippen molar-refractivity contribution in [1.82, 2.24) is 19.9 Å². The number of carbonyl (C=O) groups is 1. The van der Waals surface area contributed by atoms with Crippen LogP contribution in [0.3, 0.4) is 0 Å². The summed E-state index contributed by atoms with van der Waals surface area (Å²) in [6.45, 7) is 10.5. The molecule has 7 heteroatoms. The molecule has 0 spiro atoms. The molecule has 0 atom stereocenters. The van der Waals surface area contributed by atoms with Crippen LogP contribution in [0.25, 0.3) is 22.4 Å². The molecule has 0 aliphatic rings. The molecule has 4 aromatic rings. The van der Waals surface area contributed by atoms with E-state index in [1.807, 2.05) is 43.3 Å². The molecule has 0 unspecified atom stereocenters. The van der Waals surface area contributed by atoms with Crippen molar-refractivity contribution < 1.29 is 9.53 Å². The van der Waals surface area contributed by atoms with Gasteiger partial charge in [-0.3, -0.25) is 4.98 Å². The van der Waals surface area contributed by atoms with Crippen molar-refractivity contribution in [1.29, 1.82) is 0 Å². The first-order valence-corrected chi connectivity index (χ1v) is 10.9. The lowest BCUT2D eigenvalue weighted by atomic mass is 9.87. The first-order valence-electron chi connectivity index (χ1n) is 10.9. The largest absolute Gasteiger partial charge is 0.460 e. The Kier molecular flexibility index (Phi) is 6.05. The van der Waals surface area contributed by atoms with Gasteiger partial charge in [0.2, 0.25) is 5.82 Å². The van der Waals surface area contributed by atoms with Crippen molar-refractivity contribution >= 4 is 28.5 Å². The predicted molar refractivity (Wildman–Crippen MR) is 130 cm³/mol. The summed E-state index contributed by atoms with van der Waals surface area (Å²) in [7, 11) is 0. The van der Waals surface area contributed by atoms with Gasteiger partial charge in [-0.2, -0.15) is 0 Å². The number of nitrogens with one attached hydrogen (secondary N) is 1. The molecule has 0 aliphatic heterocycles. The highest BCUT2D eigenvalue weighted by atomic mass is 16.5. The number of aromatic nitrogens is 4. The molecule has 1 N–H and O–H groups in total. The third kappa shape index (κ3) is 4.82. The van der Waals surface area contributed by atoms with Crippen molar-refractivity contribution in [3.05, 3.63) is 71.7 Å². The quantitative estimate of drug-likeness (QED) is 0.402. The summed E-state index contributed by atoms with van der Waals surface area (Å²) < 4.78 is 5.14. The van der Waals surface area contributed by atoms with E-state index in [0.717, 1.165) is 16.9 Å². The molecule has 0 aliphatic carbocycles. The van der Waals surface area contributed by atoms with E-state index in [4.69, 9.17) is 9.72 Å². The van der Waals surface area contributed by atoms with Crippen molar-refractivity contribution in [2.45, 2.75) is 40.0 Å². The molecular weight excluding hydrogens is 414 g/mol. The molecule has 3 aromatic heterocycles. The van der Waals surface area contributed by atoms with E-state index in [1.54, 1.807) is 13.1 Å². The lowest BCUT2D eigenvalue weighted by molar-refractivity contribution is 0.0512. The summed E-state index contributed by atoms with van der Waals surface area (Å²) in [5.41, 5.74) is 4.97. The molecule has 7 nitrogen and oxygen atoms in total. The predicted octanol–water partition coefficient (Wildman–Crippen LogP) is 5.61. The zero-order chi connectivity index (χ0) is 23.6. The van der Waals surface area contributed by atoms with Crippen molar-refractivity contribution in [2.75, 3.05) is 11.9 Å². The fourth-order valence-electron chi connectivity index (χ4n) is 3.47. The van der Waals surface area contributed by atoms with Crippen LogP contribution in [0.1, 0.15) is 49.4 Å². The fourth-order valence-corrected chi connectivity index (χ4v) is 3.47. The highest BCUT2D eigenvalue weighted by Crippen LogP contribution is 2.28. The normalized spacial score (nSPS) is 11.4. The van der Waals surface area contributed by atoms with Crippen LogP contribution in [-0.2, 0) is 10.2 Å². The van der Waals surface area contributed by atoms with E-state index in [9.17, 15) is 4.79 Å². The number of nitrogens with zero attached hydrogens (tertiary/aromatic N) is 4. The van der Waals surface area contributed by atoms with Crippen LogP contribution in [0.2, 0.25) is 0 Å². The number of ether oxygens (including phenoxy) is 1. The van der Waals surface area contributed by atoms with Crippen LogP contribution >= 0.6 is 0 Å². The minimum atomic E-state index is -0.591. The van der Waals surface area contributed by atoms with E-state index in [1.165, 1.54) is 5.56 Å².